The average molecular weight is 547 g/mol. The molecule has 1 aromatic carbocycles. The van der Waals surface area contributed by atoms with E-state index in [1.165, 1.54) is 23.8 Å². The van der Waals surface area contributed by atoms with Gasteiger partial charge in [-0.05, 0) is 18.4 Å². The minimum atomic E-state index is -0.481. The molecule has 1 saturated heterocycles. The van der Waals surface area contributed by atoms with Gasteiger partial charge in [0.2, 0.25) is 5.95 Å². The van der Waals surface area contributed by atoms with E-state index in [2.05, 4.69) is 33.9 Å². The third kappa shape index (κ3) is 4.24. The second-order valence-electron chi connectivity index (χ2n) is 9.58. The molecule has 0 amide bonds. The van der Waals surface area contributed by atoms with E-state index in [1.807, 2.05) is 30.9 Å². The van der Waals surface area contributed by atoms with Gasteiger partial charge in [0.1, 0.15) is 0 Å². The van der Waals surface area contributed by atoms with E-state index < -0.39 is 5.82 Å². The van der Waals surface area contributed by atoms with E-state index in [0.29, 0.717) is 28.3 Å². The fraction of sp³-hybridized carbons (Fsp3) is 0.435. The number of nitrogens with zero attached hydrogens (tertiary/aromatic N) is 7. The Labute approximate surface area is 211 Å². The Hall–Kier alpha value is -2.74. The molecule has 0 bridgehead atoms. The topological polar surface area (TPSA) is 99.4 Å². The number of ether oxygens (including phenoxy) is 1. The zero-order chi connectivity index (χ0) is 23.5. The fourth-order valence-corrected chi connectivity index (χ4v) is 4.53. The SMILES string of the molecule is [CH2-]C(C)(C)n1cc(N2C[C@@H](C)C[C@H](c3nc4c5cc(F)c(OC)cc5nc(N)n4n3)C2)cn1.[Mo]. The molecule has 1 aliphatic rings. The number of anilines is 2. The van der Waals surface area contributed by atoms with Crippen LogP contribution in [0.2, 0.25) is 0 Å². The van der Waals surface area contributed by atoms with Gasteiger partial charge in [-0.2, -0.15) is 9.61 Å². The molecule has 9 nitrogen and oxygen atoms in total. The zero-order valence-corrected chi connectivity index (χ0v) is 21.7. The van der Waals surface area contributed by atoms with E-state index in [0.717, 1.165) is 25.2 Å². The monoisotopic (exact) mass is 549 g/mol. The summed E-state index contributed by atoms with van der Waals surface area (Å²) in [6, 6.07) is 2.90. The molecule has 0 radical (unpaired) electrons. The summed E-state index contributed by atoms with van der Waals surface area (Å²) in [6.07, 6.45) is 4.85. The number of nitrogen functional groups attached to an aromatic ring is 1. The number of fused-ring (bicyclic) bond motifs is 3. The predicted molar refractivity (Wildman–Crippen MR) is 125 cm³/mol. The summed E-state index contributed by atoms with van der Waals surface area (Å²) >= 11 is 0. The molecule has 0 unspecified atom stereocenters. The first kappa shape index (κ1) is 24.4. The second-order valence-corrected chi connectivity index (χ2v) is 9.58. The first-order valence-electron chi connectivity index (χ1n) is 11.0. The number of aromatic nitrogens is 6. The minimum absolute atomic E-state index is 0. The Bertz CT molecular complexity index is 1340. The average Bonchev–Trinajstić information content (AvgIpc) is 3.42. The number of hydrogen-bond acceptors (Lipinski definition) is 7. The zero-order valence-electron chi connectivity index (χ0n) is 19.7. The Kier molecular flexibility index (Phi) is 6.31. The molecular weight excluding hydrogens is 519 g/mol. The summed E-state index contributed by atoms with van der Waals surface area (Å²) in [6.45, 7) is 12.1. The molecule has 1 fully saturated rings. The molecule has 180 valence electrons. The van der Waals surface area contributed by atoms with E-state index in [-0.39, 0.29) is 44.2 Å². The molecule has 0 spiro atoms. The van der Waals surface area contributed by atoms with Crippen LogP contribution in [0.1, 0.15) is 38.9 Å². The van der Waals surface area contributed by atoms with Crippen LogP contribution in [0.5, 0.6) is 5.75 Å². The van der Waals surface area contributed by atoms with Crippen LogP contribution in [-0.2, 0) is 26.6 Å². The number of hydrogen-bond donors (Lipinski definition) is 1. The molecule has 0 aliphatic carbocycles. The number of nitrogens with two attached hydrogens (primary N) is 1. The summed E-state index contributed by atoms with van der Waals surface area (Å²) in [7, 11) is 1.42. The van der Waals surface area contributed by atoms with E-state index >= 15 is 0 Å². The van der Waals surface area contributed by atoms with Crippen molar-refractivity contribution in [1.82, 2.24) is 29.4 Å². The van der Waals surface area contributed by atoms with Crippen LogP contribution in [0, 0.1) is 18.7 Å². The first-order chi connectivity index (χ1) is 15.6. The van der Waals surface area contributed by atoms with Gasteiger partial charge in [-0.1, -0.05) is 26.3 Å². The Morgan fingerprint density at radius 2 is 2.00 bits per heavy atom. The summed E-state index contributed by atoms with van der Waals surface area (Å²) in [4.78, 5) is 11.5. The largest absolute Gasteiger partial charge is 0.494 e. The molecule has 3 aromatic heterocycles. The molecule has 11 heteroatoms. The van der Waals surface area contributed by atoms with E-state index in [1.54, 1.807) is 0 Å². The quantitative estimate of drug-likeness (QED) is 0.309. The van der Waals surface area contributed by atoms with Crippen LogP contribution in [-0.4, -0.2) is 49.6 Å². The molecule has 4 heterocycles. The van der Waals surface area contributed by atoms with E-state index in [9.17, 15) is 4.39 Å². The van der Waals surface area contributed by atoms with Crippen molar-refractivity contribution in [2.75, 3.05) is 30.8 Å². The number of benzene rings is 1. The smallest absolute Gasteiger partial charge is 0.223 e. The molecule has 34 heavy (non-hydrogen) atoms. The molecule has 5 rings (SSSR count). The van der Waals surface area contributed by atoms with Crippen molar-refractivity contribution in [2.24, 2.45) is 5.92 Å². The van der Waals surface area contributed by atoms with Gasteiger partial charge in [-0.15, -0.1) is 5.10 Å². The van der Waals surface area contributed by atoms with Crippen LogP contribution < -0.4 is 15.4 Å². The van der Waals surface area contributed by atoms with Gasteiger partial charge in [0.25, 0.3) is 0 Å². The Balaban J connectivity index is 0.00000274. The number of rotatable bonds is 4. The van der Waals surface area contributed by atoms with Gasteiger partial charge in [-0.3, -0.25) is 4.68 Å². The third-order valence-electron chi connectivity index (χ3n) is 6.17. The summed E-state index contributed by atoms with van der Waals surface area (Å²) < 4.78 is 22.9. The maximum Gasteiger partial charge on any atom is 0.223 e. The van der Waals surface area contributed by atoms with Crippen molar-refractivity contribution in [1.29, 1.82) is 0 Å². The standard InChI is InChI=1S/C23H28FN8O.Mo/c1-13-6-14(11-30(10-13)15-9-26-31(12-15)23(2,3)4)20-28-21-16-7-17(24)19(33-5)8-18(16)27-22(25)32(21)29-20;/h7-9,12-14H,2,6,10-11H2,1,3-5H3,(H2,25,27);/q-1;/t13-,14-;/m0./s1. The molecule has 4 aromatic rings. The van der Waals surface area contributed by atoms with Gasteiger partial charge in [0, 0.05) is 57.7 Å². The first-order valence-corrected chi connectivity index (χ1v) is 11.0. The summed E-state index contributed by atoms with van der Waals surface area (Å²) in [5.41, 5.74) is 7.90. The Morgan fingerprint density at radius 1 is 1.24 bits per heavy atom. The second kappa shape index (κ2) is 8.80. The number of halogens is 1. The van der Waals surface area contributed by atoms with Crippen LogP contribution in [0.15, 0.2) is 24.5 Å². The van der Waals surface area contributed by atoms with Gasteiger partial charge in [0.15, 0.2) is 23.0 Å². The van der Waals surface area contributed by atoms with Crippen molar-refractivity contribution in [3.63, 3.8) is 0 Å². The summed E-state index contributed by atoms with van der Waals surface area (Å²) in [5, 5.41) is 9.71. The number of piperidine rings is 1. The molecule has 0 saturated carbocycles. The molecular formula is C23H28FMoN8O-. The van der Waals surface area contributed by atoms with Gasteiger partial charge < -0.3 is 22.3 Å². The Morgan fingerprint density at radius 3 is 2.68 bits per heavy atom. The molecule has 2 N–H and O–H groups in total. The normalized spacial score (nSPS) is 18.9. The summed E-state index contributed by atoms with van der Waals surface area (Å²) in [5.74, 6) is 1.02. The van der Waals surface area contributed by atoms with Crippen LogP contribution in [0.25, 0.3) is 16.6 Å². The van der Waals surface area contributed by atoms with Crippen LogP contribution in [0.3, 0.4) is 0 Å². The van der Waals surface area contributed by atoms with Crippen LogP contribution in [0.4, 0.5) is 16.0 Å². The van der Waals surface area contributed by atoms with Gasteiger partial charge in [-0.25, -0.2) is 14.4 Å². The van der Waals surface area contributed by atoms with Gasteiger partial charge >= 0.3 is 0 Å². The van der Waals surface area contributed by atoms with Crippen molar-refractivity contribution in [2.45, 2.75) is 38.6 Å². The van der Waals surface area contributed by atoms with Crippen molar-refractivity contribution < 1.29 is 30.2 Å². The molecule has 1 aliphatic heterocycles. The van der Waals surface area contributed by atoms with E-state index in [4.69, 9.17) is 15.5 Å². The fourth-order valence-electron chi connectivity index (χ4n) is 4.53. The minimum Gasteiger partial charge on any atom is -0.494 e. The van der Waals surface area contributed by atoms with Crippen molar-refractivity contribution in [3.8, 4) is 5.75 Å². The van der Waals surface area contributed by atoms with Crippen LogP contribution >= 0.6 is 0 Å². The molecule has 2 atom stereocenters. The maximum absolute atomic E-state index is 14.4. The van der Waals surface area contributed by atoms with Crippen molar-refractivity contribution in [3.05, 3.63) is 43.1 Å². The number of methoxy groups -OCH3 is 1. The maximum atomic E-state index is 14.4. The third-order valence-corrected chi connectivity index (χ3v) is 6.17. The predicted octanol–water partition coefficient (Wildman–Crippen LogP) is 3.40. The van der Waals surface area contributed by atoms with Crippen molar-refractivity contribution >= 4 is 28.2 Å². The van der Waals surface area contributed by atoms with Gasteiger partial charge in [0.05, 0.1) is 24.5 Å².